The van der Waals surface area contributed by atoms with Crippen molar-refractivity contribution in [2.24, 2.45) is 5.73 Å². The molecule has 1 unspecified atom stereocenters. The molecular weight excluding hydrogens is 382 g/mol. The Kier molecular flexibility index (Phi) is 7.37. The van der Waals surface area contributed by atoms with Gasteiger partial charge in [-0.05, 0) is 61.2 Å². The SMILES string of the molecule is Cl.NCC1CCCCN1C(=O)c1ccc(-c2ccc(OC(F)F)cc2)s1. The van der Waals surface area contributed by atoms with Gasteiger partial charge in [0.2, 0.25) is 0 Å². The molecule has 1 aliphatic heterocycles. The number of carbonyl (C=O) groups excluding carboxylic acids is 1. The normalized spacial score (nSPS) is 17.1. The van der Waals surface area contributed by atoms with Gasteiger partial charge >= 0.3 is 6.61 Å². The fourth-order valence-electron chi connectivity index (χ4n) is 3.06. The van der Waals surface area contributed by atoms with Crippen LogP contribution in [0, 0.1) is 0 Å². The molecule has 1 atom stereocenters. The highest BCUT2D eigenvalue weighted by Crippen LogP contribution is 2.31. The van der Waals surface area contributed by atoms with Crippen LogP contribution in [0.4, 0.5) is 8.78 Å². The Labute approximate surface area is 161 Å². The molecule has 1 saturated heterocycles. The van der Waals surface area contributed by atoms with E-state index in [-0.39, 0.29) is 30.1 Å². The Morgan fingerprint density at radius 3 is 2.62 bits per heavy atom. The van der Waals surface area contributed by atoms with Crippen molar-refractivity contribution < 1.29 is 18.3 Å². The maximum absolute atomic E-state index is 12.8. The summed E-state index contributed by atoms with van der Waals surface area (Å²) in [5, 5.41) is 0. The summed E-state index contributed by atoms with van der Waals surface area (Å²) in [4.78, 5) is 16.2. The number of hydrogen-bond donors (Lipinski definition) is 1. The molecule has 2 heterocycles. The Bertz CT molecular complexity index is 724. The van der Waals surface area contributed by atoms with Crippen molar-refractivity contribution >= 4 is 29.7 Å². The van der Waals surface area contributed by atoms with Gasteiger partial charge in [0, 0.05) is 24.0 Å². The van der Waals surface area contributed by atoms with Crippen LogP contribution in [0.15, 0.2) is 36.4 Å². The first kappa shape index (κ1) is 20.6. The van der Waals surface area contributed by atoms with Crippen LogP contribution in [0.25, 0.3) is 10.4 Å². The summed E-state index contributed by atoms with van der Waals surface area (Å²) in [6.07, 6.45) is 3.06. The summed E-state index contributed by atoms with van der Waals surface area (Å²) in [5.41, 5.74) is 6.66. The number of amides is 1. The molecule has 0 bridgehead atoms. The van der Waals surface area contributed by atoms with Crippen LogP contribution in [0.1, 0.15) is 28.9 Å². The van der Waals surface area contributed by atoms with E-state index in [2.05, 4.69) is 4.74 Å². The Hall–Kier alpha value is -1.70. The number of likely N-dealkylation sites (tertiary alicyclic amines) is 1. The molecule has 26 heavy (non-hydrogen) atoms. The van der Waals surface area contributed by atoms with E-state index in [4.69, 9.17) is 5.73 Å². The number of piperidine rings is 1. The predicted molar refractivity (Wildman–Crippen MR) is 101 cm³/mol. The highest BCUT2D eigenvalue weighted by Gasteiger charge is 2.27. The van der Waals surface area contributed by atoms with Gasteiger partial charge in [0.1, 0.15) is 5.75 Å². The molecule has 4 nitrogen and oxygen atoms in total. The zero-order chi connectivity index (χ0) is 17.8. The smallest absolute Gasteiger partial charge is 0.387 e. The molecule has 8 heteroatoms. The summed E-state index contributed by atoms with van der Waals surface area (Å²) in [6.45, 7) is -1.61. The fourth-order valence-corrected chi connectivity index (χ4v) is 4.03. The summed E-state index contributed by atoms with van der Waals surface area (Å²) in [7, 11) is 0. The third-order valence-electron chi connectivity index (χ3n) is 4.34. The molecule has 0 saturated carbocycles. The van der Waals surface area contributed by atoms with Crippen LogP contribution >= 0.6 is 23.7 Å². The minimum atomic E-state index is -2.84. The van der Waals surface area contributed by atoms with E-state index in [1.54, 1.807) is 12.1 Å². The quantitative estimate of drug-likeness (QED) is 0.806. The highest BCUT2D eigenvalue weighted by molar-refractivity contribution is 7.17. The van der Waals surface area contributed by atoms with Gasteiger partial charge in [-0.1, -0.05) is 0 Å². The van der Waals surface area contributed by atoms with Crippen molar-refractivity contribution in [3.8, 4) is 16.2 Å². The van der Waals surface area contributed by atoms with E-state index in [0.717, 1.165) is 36.2 Å². The Morgan fingerprint density at radius 1 is 1.23 bits per heavy atom. The number of alkyl halides is 2. The lowest BCUT2D eigenvalue weighted by molar-refractivity contribution is -0.0498. The van der Waals surface area contributed by atoms with E-state index in [1.807, 2.05) is 17.0 Å². The van der Waals surface area contributed by atoms with Crippen LogP contribution < -0.4 is 10.5 Å². The number of ether oxygens (including phenoxy) is 1. The second kappa shape index (κ2) is 9.30. The van der Waals surface area contributed by atoms with Gasteiger partial charge in [-0.15, -0.1) is 23.7 Å². The molecule has 1 fully saturated rings. The van der Waals surface area contributed by atoms with Crippen LogP contribution in [0.2, 0.25) is 0 Å². The molecule has 2 aromatic rings. The summed E-state index contributed by atoms with van der Waals surface area (Å²) >= 11 is 1.40. The zero-order valence-electron chi connectivity index (χ0n) is 14.1. The lowest BCUT2D eigenvalue weighted by Crippen LogP contribution is -2.47. The lowest BCUT2D eigenvalue weighted by Gasteiger charge is -2.34. The number of hydrogen-bond acceptors (Lipinski definition) is 4. The van der Waals surface area contributed by atoms with Crippen molar-refractivity contribution in [3.05, 3.63) is 41.3 Å². The zero-order valence-corrected chi connectivity index (χ0v) is 15.7. The van der Waals surface area contributed by atoms with E-state index in [9.17, 15) is 13.6 Å². The molecule has 1 amide bonds. The standard InChI is InChI=1S/C18H20F2N2O2S.ClH/c19-18(20)24-14-6-4-12(5-7-14)15-8-9-16(25-15)17(23)22-10-2-1-3-13(22)11-21;/h4-9,13,18H,1-3,10-11,21H2;1H. The monoisotopic (exact) mass is 402 g/mol. The fraction of sp³-hybridized carbons (Fsp3) is 0.389. The largest absolute Gasteiger partial charge is 0.435 e. The molecule has 1 aliphatic rings. The summed E-state index contributed by atoms with van der Waals surface area (Å²) in [5.74, 6) is 0.134. The lowest BCUT2D eigenvalue weighted by atomic mass is 10.0. The van der Waals surface area contributed by atoms with Gasteiger partial charge in [-0.3, -0.25) is 4.79 Å². The minimum Gasteiger partial charge on any atom is -0.435 e. The minimum absolute atomic E-state index is 0. The topological polar surface area (TPSA) is 55.6 Å². The van der Waals surface area contributed by atoms with Gasteiger partial charge in [-0.25, -0.2) is 0 Å². The van der Waals surface area contributed by atoms with Crippen LogP contribution in [0.3, 0.4) is 0 Å². The van der Waals surface area contributed by atoms with Crippen molar-refractivity contribution in [2.45, 2.75) is 31.9 Å². The van der Waals surface area contributed by atoms with Gasteiger partial charge < -0.3 is 15.4 Å². The maximum Gasteiger partial charge on any atom is 0.387 e. The van der Waals surface area contributed by atoms with E-state index in [0.29, 0.717) is 11.4 Å². The molecule has 0 radical (unpaired) electrons. The molecule has 3 rings (SSSR count). The molecule has 1 aromatic carbocycles. The van der Waals surface area contributed by atoms with Crippen molar-refractivity contribution in [1.29, 1.82) is 0 Å². The van der Waals surface area contributed by atoms with Crippen LogP contribution in [0.5, 0.6) is 5.75 Å². The Morgan fingerprint density at radius 2 is 1.96 bits per heavy atom. The molecule has 2 N–H and O–H groups in total. The molecule has 142 valence electrons. The second-order valence-electron chi connectivity index (χ2n) is 5.95. The van der Waals surface area contributed by atoms with Crippen LogP contribution in [-0.4, -0.2) is 36.5 Å². The number of carbonyl (C=O) groups is 1. The molecule has 1 aromatic heterocycles. The highest BCUT2D eigenvalue weighted by atomic mass is 35.5. The number of thiophene rings is 1. The van der Waals surface area contributed by atoms with Crippen molar-refractivity contribution in [3.63, 3.8) is 0 Å². The van der Waals surface area contributed by atoms with E-state index in [1.165, 1.54) is 23.5 Å². The third kappa shape index (κ3) is 4.72. The third-order valence-corrected chi connectivity index (χ3v) is 5.46. The number of halogens is 3. The Balaban J connectivity index is 0.00000243. The maximum atomic E-state index is 12.8. The van der Waals surface area contributed by atoms with Gasteiger partial charge in [-0.2, -0.15) is 8.78 Å². The van der Waals surface area contributed by atoms with Crippen molar-refractivity contribution in [2.75, 3.05) is 13.1 Å². The number of nitrogens with two attached hydrogens (primary N) is 1. The van der Waals surface area contributed by atoms with Gasteiger partial charge in [0.15, 0.2) is 0 Å². The average Bonchev–Trinajstić information content (AvgIpc) is 3.11. The number of nitrogens with zero attached hydrogens (tertiary/aromatic N) is 1. The first-order valence-corrected chi connectivity index (χ1v) is 9.06. The van der Waals surface area contributed by atoms with Crippen molar-refractivity contribution in [1.82, 2.24) is 4.90 Å². The first-order chi connectivity index (χ1) is 12.1. The van der Waals surface area contributed by atoms with Gasteiger partial charge in [0.25, 0.3) is 5.91 Å². The molecule has 0 aliphatic carbocycles. The molecular formula is C18H21ClF2N2O2S. The summed E-state index contributed by atoms with van der Waals surface area (Å²) in [6, 6.07) is 10.2. The number of rotatable bonds is 5. The van der Waals surface area contributed by atoms with E-state index < -0.39 is 6.61 Å². The first-order valence-electron chi connectivity index (χ1n) is 8.24. The van der Waals surface area contributed by atoms with Crippen LogP contribution in [-0.2, 0) is 0 Å². The molecule has 0 spiro atoms. The summed E-state index contributed by atoms with van der Waals surface area (Å²) < 4.78 is 28.8. The van der Waals surface area contributed by atoms with E-state index >= 15 is 0 Å². The number of benzene rings is 1. The van der Waals surface area contributed by atoms with Gasteiger partial charge in [0.05, 0.1) is 4.88 Å². The second-order valence-corrected chi connectivity index (χ2v) is 7.03. The average molecular weight is 403 g/mol. The predicted octanol–water partition coefficient (Wildman–Crippen LogP) is 4.39.